The summed E-state index contributed by atoms with van der Waals surface area (Å²) >= 11 is -0.0221. The molecule has 1 amide bonds. The molecule has 1 N–H and O–H groups in total. The van der Waals surface area contributed by atoms with E-state index in [4.69, 9.17) is 5.11 Å². The number of aromatic carboxylic acids is 1. The molecule has 2 rings (SSSR count). The molecule has 0 aliphatic carbocycles. The van der Waals surface area contributed by atoms with Gasteiger partial charge in [-0.3, -0.25) is 4.79 Å². The second-order valence-corrected chi connectivity index (χ2v) is 6.31. The van der Waals surface area contributed by atoms with E-state index in [-0.39, 0.29) is 54.7 Å². The van der Waals surface area contributed by atoms with E-state index in [1.165, 1.54) is 29.2 Å². The molecule has 1 aliphatic heterocycles. The fraction of sp³-hybridized carbons (Fsp3) is 0.429. The summed E-state index contributed by atoms with van der Waals surface area (Å²) in [6.45, 7) is 0.480. The van der Waals surface area contributed by atoms with Crippen LogP contribution in [0, 0.1) is 0 Å². The number of likely N-dealkylation sites (tertiary alicyclic amines) is 1. The summed E-state index contributed by atoms with van der Waals surface area (Å²) in [4.78, 5) is 24.6. The first-order valence-corrected chi connectivity index (χ1v) is 7.51. The normalized spacial score (nSPS) is 16.6. The van der Waals surface area contributed by atoms with Crippen LogP contribution >= 0.6 is 11.8 Å². The van der Waals surface area contributed by atoms with Gasteiger partial charge in [0.25, 0.3) is 5.91 Å². The van der Waals surface area contributed by atoms with Crippen LogP contribution in [0.2, 0.25) is 0 Å². The summed E-state index contributed by atoms with van der Waals surface area (Å²) < 4.78 is 36.9. The van der Waals surface area contributed by atoms with E-state index < -0.39 is 16.7 Å². The number of halogens is 3. The highest BCUT2D eigenvalue weighted by atomic mass is 32.2. The van der Waals surface area contributed by atoms with Gasteiger partial charge < -0.3 is 10.0 Å². The van der Waals surface area contributed by atoms with Crippen molar-refractivity contribution in [1.82, 2.24) is 4.90 Å². The molecule has 1 aromatic rings. The Morgan fingerprint density at radius 2 is 1.77 bits per heavy atom. The minimum Gasteiger partial charge on any atom is -0.478 e. The van der Waals surface area contributed by atoms with Crippen molar-refractivity contribution in [2.45, 2.75) is 23.6 Å². The van der Waals surface area contributed by atoms with E-state index in [0.29, 0.717) is 0 Å². The van der Waals surface area contributed by atoms with Crippen molar-refractivity contribution >= 4 is 23.6 Å². The van der Waals surface area contributed by atoms with Crippen LogP contribution in [0.5, 0.6) is 0 Å². The molecule has 0 aromatic heterocycles. The number of carboxylic acids is 1. The first kappa shape index (κ1) is 16.7. The van der Waals surface area contributed by atoms with Gasteiger partial charge in [0.15, 0.2) is 0 Å². The number of thioether (sulfide) groups is 1. The van der Waals surface area contributed by atoms with Gasteiger partial charge in [0.1, 0.15) is 0 Å². The second kappa shape index (κ2) is 6.60. The topological polar surface area (TPSA) is 57.6 Å². The Kier molecular flexibility index (Phi) is 5.00. The quantitative estimate of drug-likeness (QED) is 0.922. The Labute approximate surface area is 129 Å². The maximum atomic E-state index is 12.3. The fourth-order valence-electron chi connectivity index (χ4n) is 2.33. The van der Waals surface area contributed by atoms with Gasteiger partial charge in [0.05, 0.1) is 5.56 Å². The third-order valence-corrected chi connectivity index (χ3v) is 4.46. The lowest BCUT2D eigenvalue weighted by Gasteiger charge is -2.32. The van der Waals surface area contributed by atoms with E-state index >= 15 is 0 Å². The Balaban J connectivity index is 1.98. The third kappa shape index (κ3) is 4.40. The number of benzene rings is 1. The van der Waals surface area contributed by atoms with E-state index in [1.54, 1.807) is 0 Å². The lowest BCUT2D eigenvalue weighted by atomic mass is 10.1. The van der Waals surface area contributed by atoms with Crippen molar-refractivity contribution in [3.05, 3.63) is 35.4 Å². The van der Waals surface area contributed by atoms with Crippen LogP contribution < -0.4 is 0 Å². The molecular weight excluding hydrogens is 319 g/mol. The van der Waals surface area contributed by atoms with Crippen molar-refractivity contribution in [3.8, 4) is 0 Å². The number of nitrogens with zero attached hydrogens (tertiary/aromatic N) is 1. The number of hydrogen-bond donors (Lipinski definition) is 1. The van der Waals surface area contributed by atoms with Gasteiger partial charge in [0.2, 0.25) is 0 Å². The van der Waals surface area contributed by atoms with Gasteiger partial charge >= 0.3 is 11.5 Å². The molecule has 8 heteroatoms. The monoisotopic (exact) mass is 333 g/mol. The SMILES string of the molecule is O=C(O)c1cccc(C(=O)N2CCC(SC(F)(F)F)CC2)c1. The molecule has 0 radical (unpaired) electrons. The lowest BCUT2D eigenvalue weighted by molar-refractivity contribution is -0.0336. The van der Waals surface area contributed by atoms with E-state index in [9.17, 15) is 22.8 Å². The molecule has 1 aliphatic rings. The zero-order valence-corrected chi connectivity index (χ0v) is 12.3. The first-order valence-electron chi connectivity index (χ1n) is 6.63. The number of rotatable bonds is 3. The first-order chi connectivity index (χ1) is 10.3. The molecule has 1 fully saturated rings. The molecule has 120 valence electrons. The molecule has 0 atom stereocenters. The third-order valence-electron chi connectivity index (χ3n) is 3.39. The number of piperidine rings is 1. The summed E-state index contributed by atoms with van der Waals surface area (Å²) in [6, 6.07) is 5.64. The van der Waals surface area contributed by atoms with Crippen molar-refractivity contribution < 1.29 is 27.9 Å². The maximum Gasteiger partial charge on any atom is 0.442 e. The largest absolute Gasteiger partial charge is 0.478 e. The predicted octanol–water partition coefficient (Wildman–Crippen LogP) is 3.24. The van der Waals surface area contributed by atoms with Gasteiger partial charge in [-0.2, -0.15) is 13.2 Å². The van der Waals surface area contributed by atoms with Crippen LogP contribution in [0.4, 0.5) is 13.2 Å². The zero-order valence-electron chi connectivity index (χ0n) is 11.5. The highest BCUT2D eigenvalue weighted by Crippen LogP contribution is 2.38. The van der Waals surface area contributed by atoms with Crippen molar-refractivity contribution in [1.29, 1.82) is 0 Å². The van der Waals surface area contributed by atoms with Gasteiger partial charge in [-0.05, 0) is 42.8 Å². The minimum atomic E-state index is -4.26. The molecular formula is C14H14F3NO3S. The van der Waals surface area contributed by atoms with Crippen LogP contribution in [-0.4, -0.2) is 45.7 Å². The van der Waals surface area contributed by atoms with Gasteiger partial charge in [0, 0.05) is 23.9 Å². The number of amides is 1. The van der Waals surface area contributed by atoms with Crippen LogP contribution in [-0.2, 0) is 0 Å². The summed E-state index contributed by atoms with van der Waals surface area (Å²) in [5, 5.41) is 8.38. The van der Waals surface area contributed by atoms with Crippen molar-refractivity contribution in [2.24, 2.45) is 0 Å². The molecule has 4 nitrogen and oxygen atoms in total. The smallest absolute Gasteiger partial charge is 0.442 e. The molecule has 0 bridgehead atoms. The number of carboxylic acid groups (broad SMARTS) is 1. The van der Waals surface area contributed by atoms with Crippen molar-refractivity contribution in [3.63, 3.8) is 0 Å². The van der Waals surface area contributed by atoms with Crippen LogP contribution in [0.15, 0.2) is 24.3 Å². The summed E-state index contributed by atoms with van der Waals surface area (Å²) in [7, 11) is 0. The number of alkyl halides is 3. The summed E-state index contributed by atoms with van der Waals surface area (Å²) in [6.07, 6.45) is 0.545. The molecule has 22 heavy (non-hydrogen) atoms. The highest BCUT2D eigenvalue weighted by Gasteiger charge is 2.35. The van der Waals surface area contributed by atoms with Crippen LogP contribution in [0.25, 0.3) is 0 Å². The predicted molar refractivity (Wildman–Crippen MR) is 76.0 cm³/mol. The van der Waals surface area contributed by atoms with E-state index in [2.05, 4.69) is 0 Å². The average molecular weight is 333 g/mol. The maximum absolute atomic E-state index is 12.3. The fourth-order valence-corrected chi connectivity index (χ4v) is 3.16. The van der Waals surface area contributed by atoms with Gasteiger partial charge in [-0.25, -0.2) is 4.79 Å². The van der Waals surface area contributed by atoms with E-state index in [1.807, 2.05) is 0 Å². The molecule has 0 unspecified atom stereocenters. The standard InChI is InChI=1S/C14H14F3NO3S/c15-14(16,17)22-11-4-6-18(7-5-11)12(19)9-2-1-3-10(8-9)13(20)21/h1-3,8,11H,4-7H2,(H,20,21). The Morgan fingerprint density at radius 1 is 1.18 bits per heavy atom. The molecule has 1 aromatic carbocycles. The summed E-state index contributed by atoms with van der Waals surface area (Å²) in [5.41, 5.74) is -4.01. The van der Waals surface area contributed by atoms with E-state index in [0.717, 1.165) is 0 Å². The average Bonchev–Trinajstić information content (AvgIpc) is 2.46. The molecule has 0 spiro atoms. The Morgan fingerprint density at radius 3 is 2.32 bits per heavy atom. The Hall–Kier alpha value is -1.70. The number of carbonyl (C=O) groups excluding carboxylic acids is 1. The van der Waals surface area contributed by atoms with Gasteiger partial charge in [-0.1, -0.05) is 6.07 Å². The Bertz CT molecular complexity index is 569. The molecule has 1 heterocycles. The number of hydrogen-bond acceptors (Lipinski definition) is 3. The molecule has 0 saturated carbocycles. The van der Waals surface area contributed by atoms with Gasteiger partial charge in [-0.15, -0.1) is 0 Å². The minimum absolute atomic E-state index is 0.00774. The highest BCUT2D eigenvalue weighted by molar-refractivity contribution is 8.00. The summed E-state index contributed by atoms with van der Waals surface area (Å²) in [5.74, 6) is -1.48. The number of carbonyl (C=O) groups is 2. The van der Waals surface area contributed by atoms with Crippen molar-refractivity contribution in [2.75, 3.05) is 13.1 Å². The van der Waals surface area contributed by atoms with Crippen LogP contribution in [0.1, 0.15) is 33.6 Å². The zero-order chi connectivity index (χ0) is 16.3. The molecule has 1 saturated heterocycles. The van der Waals surface area contributed by atoms with Crippen LogP contribution in [0.3, 0.4) is 0 Å². The lowest BCUT2D eigenvalue weighted by Crippen LogP contribution is -2.40. The second-order valence-electron chi connectivity index (χ2n) is 4.94.